The van der Waals surface area contributed by atoms with Gasteiger partial charge in [-0.3, -0.25) is 14.9 Å². The summed E-state index contributed by atoms with van der Waals surface area (Å²) in [5, 5.41) is 11.2. The van der Waals surface area contributed by atoms with E-state index in [0.29, 0.717) is 11.6 Å². The van der Waals surface area contributed by atoms with Crippen LogP contribution in [0.2, 0.25) is 0 Å². The second kappa shape index (κ2) is 7.11. The summed E-state index contributed by atoms with van der Waals surface area (Å²) in [6.45, 7) is 1.50. The zero-order valence-electron chi connectivity index (χ0n) is 14.8. The highest BCUT2D eigenvalue weighted by atomic mass is 16.2. The smallest absolute Gasteiger partial charge is 0.275 e. The number of nitrogens with one attached hydrogen (secondary N) is 2. The number of piperidine rings is 1. The predicted molar refractivity (Wildman–Crippen MR) is 100 cm³/mol. The molecule has 0 spiro atoms. The molecule has 1 atom stereocenters. The molecule has 2 aromatic heterocycles. The number of rotatable bonds is 4. The number of carbonyl (C=O) groups is 1. The van der Waals surface area contributed by atoms with Gasteiger partial charge < -0.3 is 10.2 Å². The Hall–Kier alpha value is -2.96. The molecule has 1 aliphatic heterocycles. The van der Waals surface area contributed by atoms with Gasteiger partial charge in [0.2, 0.25) is 0 Å². The van der Waals surface area contributed by atoms with Crippen molar-refractivity contribution < 1.29 is 4.79 Å². The van der Waals surface area contributed by atoms with Crippen LogP contribution in [0.5, 0.6) is 0 Å². The fourth-order valence-electron chi connectivity index (χ4n) is 3.69. The van der Waals surface area contributed by atoms with Gasteiger partial charge in [0.25, 0.3) is 5.91 Å². The third-order valence-electron chi connectivity index (χ3n) is 4.97. The van der Waals surface area contributed by atoms with Crippen molar-refractivity contribution in [1.29, 1.82) is 0 Å². The molecular formula is C19H22N6O. The summed E-state index contributed by atoms with van der Waals surface area (Å²) in [4.78, 5) is 23.7. The number of anilines is 1. The Labute approximate surface area is 151 Å². The molecule has 4 rings (SSSR count). The third-order valence-corrected chi connectivity index (χ3v) is 4.97. The number of carbonyl (C=O) groups excluding carboxylic acids is 1. The van der Waals surface area contributed by atoms with Crippen molar-refractivity contribution in [1.82, 2.24) is 25.1 Å². The molecule has 0 bridgehead atoms. The van der Waals surface area contributed by atoms with Gasteiger partial charge in [0, 0.05) is 37.9 Å². The predicted octanol–water partition coefficient (Wildman–Crippen LogP) is 2.49. The number of fused-ring (bicyclic) bond motifs is 1. The summed E-state index contributed by atoms with van der Waals surface area (Å²) < 4.78 is 0. The van der Waals surface area contributed by atoms with Crippen molar-refractivity contribution in [3.63, 3.8) is 0 Å². The molecule has 7 heteroatoms. The average Bonchev–Trinajstić information content (AvgIpc) is 3.12. The first-order valence-corrected chi connectivity index (χ1v) is 8.96. The average molecular weight is 350 g/mol. The molecule has 0 radical (unpaired) electrons. The number of amides is 1. The normalized spacial score (nSPS) is 17.4. The minimum absolute atomic E-state index is 0.000126. The molecule has 0 unspecified atom stereocenters. The molecule has 7 nitrogen and oxygen atoms in total. The van der Waals surface area contributed by atoms with Crippen molar-refractivity contribution in [3.8, 4) is 0 Å². The van der Waals surface area contributed by atoms with Gasteiger partial charge in [-0.2, -0.15) is 5.10 Å². The van der Waals surface area contributed by atoms with Gasteiger partial charge in [-0.1, -0.05) is 18.2 Å². The molecule has 3 aromatic rings. The van der Waals surface area contributed by atoms with E-state index in [-0.39, 0.29) is 5.91 Å². The van der Waals surface area contributed by atoms with Crippen LogP contribution in [0.4, 0.5) is 5.82 Å². The second-order valence-corrected chi connectivity index (χ2v) is 6.68. The molecule has 0 aliphatic carbocycles. The molecular weight excluding hydrogens is 328 g/mol. The topological polar surface area (TPSA) is 86.8 Å². The number of benzene rings is 1. The van der Waals surface area contributed by atoms with E-state index in [9.17, 15) is 4.79 Å². The fourth-order valence-corrected chi connectivity index (χ4v) is 3.69. The van der Waals surface area contributed by atoms with E-state index in [1.807, 2.05) is 36.2 Å². The van der Waals surface area contributed by atoms with Crippen LogP contribution in [0.25, 0.3) is 10.9 Å². The van der Waals surface area contributed by atoms with E-state index in [0.717, 1.165) is 54.8 Å². The van der Waals surface area contributed by atoms with E-state index < -0.39 is 0 Å². The van der Waals surface area contributed by atoms with Gasteiger partial charge in [-0.05, 0) is 31.2 Å². The summed E-state index contributed by atoms with van der Waals surface area (Å²) in [5.74, 6) is 1.19. The van der Waals surface area contributed by atoms with Gasteiger partial charge in [-0.25, -0.2) is 4.98 Å². The number of aromatic amines is 1. The molecule has 134 valence electrons. The van der Waals surface area contributed by atoms with Crippen LogP contribution >= 0.6 is 0 Å². The van der Waals surface area contributed by atoms with Crippen LogP contribution in [0.3, 0.4) is 0 Å². The third kappa shape index (κ3) is 3.12. The van der Waals surface area contributed by atoms with Crippen LogP contribution in [-0.2, 0) is 6.42 Å². The zero-order chi connectivity index (χ0) is 17.9. The lowest BCUT2D eigenvalue weighted by Crippen LogP contribution is -2.40. The fraction of sp³-hybridized carbons (Fsp3) is 0.368. The lowest BCUT2D eigenvalue weighted by atomic mass is 9.93. The summed E-state index contributed by atoms with van der Waals surface area (Å²) in [6, 6.07) is 7.74. The quantitative estimate of drug-likeness (QED) is 0.755. The summed E-state index contributed by atoms with van der Waals surface area (Å²) >= 11 is 0. The molecule has 1 amide bonds. The Morgan fingerprint density at radius 3 is 3.04 bits per heavy atom. The van der Waals surface area contributed by atoms with E-state index in [4.69, 9.17) is 0 Å². The number of likely N-dealkylation sites (tertiary alicyclic amines) is 1. The monoisotopic (exact) mass is 350 g/mol. The Morgan fingerprint density at radius 2 is 2.15 bits per heavy atom. The molecule has 2 N–H and O–H groups in total. The van der Waals surface area contributed by atoms with Crippen molar-refractivity contribution in [3.05, 3.63) is 48.0 Å². The zero-order valence-corrected chi connectivity index (χ0v) is 14.8. The van der Waals surface area contributed by atoms with E-state index in [2.05, 4.69) is 25.5 Å². The first kappa shape index (κ1) is 16.5. The number of hydrogen-bond donors (Lipinski definition) is 2. The largest absolute Gasteiger partial charge is 0.372 e. The molecule has 1 aromatic carbocycles. The Balaban J connectivity index is 1.50. The van der Waals surface area contributed by atoms with Crippen LogP contribution < -0.4 is 5.32 Å². The molecule has 1 aliphatic rings. The maximum Gasteiger partial charge on any atom is 0.275 e. The van der Waals surface area contributed by atoms with Gasteiger partial charge in [0.15, 0.2) is 5.69 Å². The van der Waals surface area contributed by atoms with Gasteiger partial charge in [0.1, 0.15) is 5.82 Å². The van der Waals surface area contributed by atoms with Crippen LogP contribution in [0.15, 0.2) is 36.7 Å². The van der Waals surface area contributed by atoms with E-state index >= 15 is 0 Å². The SMILES string of the molecule is CNc1nccnc1C[C@@H]1CCCN(C(=O)c2n[nH]c3ccccc23)C1. The van der Waals surface area contributed by atoms with Gasteiger partial charge in [-0.15, -0.1) is 0 Å². The molecule has 1 fully saturated rings. The van der Waals surface area contributed by atoms with Crippen LogP contribution in [-0.4, -0.2) is 51.1 Å². The maximum atomic E-state index is 13.0. The van der Waals surface area contributed by atoms with Crippen LogP contribution in [0.1, 0.15) is 29.0 Å². The number of aromatic nitrogens is 4. The molecule has 1 saturated heterocycles. The van der Waals surface area contributed by atoms with E-state index in [1.165, 1.54) is 0 Å². The van der Waals surface area contributed by atoms with Crippen LogP contribution in [0, 0.1) is 5.92 Å². The molecule has 3 heterocycles. The van der Waals surface area contributed by atoms with Gasteiger partial charge in [0.05, 0.1) is 11.2 Å². The second-order valence-electron chi connectivity index (χ2n) is 6.68. The van der Waals surface area contributed by atoms with Gasteiger partial charge >= 0.3 is 0 Å². The minimum Gasteiger partial charge on any atom is -0.372 e. The maximum absolute atomic E-state index is 13.0. The highest BCUT2D eigenvalue weighted by Gasteiger charge is 2.27. The Morgan fingerprint density at radius 1 is 1.31 bits per heavy atom. The van der Waals surface area contributed by atoms with E-state index in [1.54, 1.807) is 12.4 Å². The van der Waals surface area contributed by atoms with Crippen molar-refractivity contribution in [2.24, 2.45) is 5.92 Å². The highest BCUT2D eigenvalue weighted by Crippen LogP contribution is 2.25. The summed E-state index contributed by atoms with van der Waals surface area (Å²) in [7, 11) is 1.85. The highest BCUT2D eigenvalue weighted by molar-refractivity contribution is 6.04. The van der Waals surface area contributed by atoms with Crippen molar-refractivity contribution in [2.45, 2.75) is 19.3 Å². The number of nitrogens with zero attached hydrogens (tertiary/aromatic N) is 4. The number of para-hydroxylation sites is 1. The lowest BCUT2D eigenvalue weighted by Gasteiger charge is -2.32. The Kier molecular flexibility index (Phi) is 4.51. The number of H-pyrrole nitrogens is 1. The molecule has 0 saturated carbocycles. The standard InChI is InChI=1S/C19H22N6O/c1-20-18-16(21-8-9-22-18)11-13-5-4-10-25(12-13)19(26)17-14-6-2-3-7-15(14)23-24-17/h2-3,6-9,13H,4-5,10-12H2,1H3,(H,20,22)(H,23,24)/t13-/m0/s1. The molecule has 26 heavy (non-hydrogen) atoms. The van der Waals surface area contributed by atoms with Crippen molar-refractivity contribution >= 4 is 22.6 Å². The first-order valence-electron chi connectivity index (χ1n) is 8.96. The minimum atomic E-state index is 0.000126. The summed E-state index contributed by atoms with van der Waals surface area (Å²) in [5.41, 5.74) is 2.36. The summed E-state index contributed by atoms with van der Waals surface area (Å²) in [6.07, 6.45) is 6.31. The number of hydrogen-bond acceptors (Lipinski definition) is 5. The lowest BCUT2D eigenvalue weighted by molar-refractivity contribution is 0.0669. The Bertz CT molecular complexity index is 921. The first-order chi connectivity index (χ1) is 12.8. The van der Waals surface area contributed by atoms with Crippen molar-refractivity contribution in [2.75, 3.05) is 25.5 Å².